The van der Waals surface area contributed by atoms with Crippen LogP contribution in [-0.4, -0.2) is 26.3 Å². The molecule has 0 bridgehead atoms. The van der Waals surface area contributed by atoms with Gasteiger partial charge in [0.2, 0.25) is 0 Å². The Morgan fingerprint density at radius 2 is 1.68 bits per heavy atom. The van der Waals surface area contributed by atoms with Crippen LogP contribution < -0.4 is 5.32 Å². The maximum Gasteiger partial charge on any atom is 0.326 e. The van der Waals surface area contributed by atoms with Crippen LogP contribution in [0, 0.1) is 0 Å². The summed E-state index contributed by atoms with van der Waals surface area (Å²) in [5, 5.41) is 5.03. The number of hydrogen-bond donors (Lipinski definition) is 2. The van der Waals surface area contributed by atoms with Crippen molar-refractivity contribution in [2.75, 3.05) is 0 Å². The summed E-state index contributed by atoms with van der Waals surface area (Å²) in [7, 11) is 0. The smallest absolute Gasteiger partial charge is 0.326 e. The molecule has 0 unspecified atom stereocenters. The standard InChI is InChI=1S/C30H21ClN4O2/c31-22-11-9-20(10-12-22)21-15-25-26(18-33-29(25)32-17-21)28(36)24-7-4-8-27-23(24)13-14-35(27)30(37)34-16-19-5-2-1-3-6-19/h1-15,17-18H,16H2,(H,32,33)(H,34,37). The fraction of sp³-hybridized carbons (Fsp3) is 0.0333. The Bertz CT molecular complexity index is 1770. The van der Waals surface area contributed by atoms with Gasteiger partial charge in [-0.1, -0.05) is 66.2 Å². The van der Waals surface area contributed by atoms with E-state index in [2.05, 4.69) is 15.3 Å². The Kier molecular flexibility index (Phi) is 5.79. The van der Waals surface area contributed by atoms with Gasteiger partial charge in [-0.25, -0.2) is 9.78 Å². The Morgan fingerprint density at radius 3 is 2.49 bits per heavy atom. The lowest BCUT2D eigenvalue weighted by Gasteiger charge is -2.08. The molecule has 6 aromatic rings. The second-order valence-electron chi connectivity index (χ2n) is 8.73. The lowest BCUT2D eigenvalue weighted by Crippen LogP contribution is -2.27. The van der Waals surface area contributed by atoms with Crippen molar-refractivity contribution in [1.82, 2.24) is 19.9 Å². The maximum atomic E-state index is 13.7. The number of carbonyl (C=O) groups is 2. The van der Waals surface area contributed by atoms with Crippen LogP contribution in [0.4, 0.5) is 4.79 Å². The van der Waals surface area contributed by atoms with Crippen molar-refractivity contribution in [1.29, 1.82) is 0 Å². The zero-order chi connectivity index (χ0) is 25.4. The zero-order valence-corrected chi connectivity index (χ0v) is 20.4. The highest BCUT2D eigenvalue weighted by Gasteiger charge is 2.20. The van der Waals surface area contributed by atoms with E-state index in [0.29, 0.717) is 39.2 Å². The second kappa shape index (κ2) is 9.41. The molecule has 2 N–H and O–H groups in total. The van der Waals surface area contributed by atoms with Crippen molar-refractivity contribution in [3.8, 4) is 11.1 Å². The van der Waals surface area contributed by atoms with E-state index in [1.807, 2.05) is 66.7 Å². The molecule has 0 radical (unpaired) electrons. The molecule has 0 aliphatic carbocycles. The molecule has 180 valence electrons. The molecule has 0 spiro atoms. The van der Waals surface area contributed by atoms with Crippen LogP contribution in [-0.2, 0) is 6.54 Å². The SMILES string of the molecule is O=C(c1c[nH]c2ncc(-c3ccc(Cl)cc3)cc12)c1cccc2c1ccn2C(=O)NCc1ccccc1. The van der Waals surface area contributed by atoms with E-state index in [1.54, 1.807) is 36.8 Å². The number of fused-ring (bicyclic) bond motifs is 2. The van der Waals surface area contributed by atoms with Crippen LogP contribution in [0.1, 0.15) is 21.5 Å². The van der Waals surface area contributed by atoms with E-state index in [-0.39, 0.29) is 11.8 Å². The predicted molar refractivity (Wildman–Crippen MR) is 146 cm³/mol. The molecule has 7 heteroatoms. The third kappa shape index (κ3) is 4.28. The van der Waals surface area contributed by atoms with Crippen LogP contribution in [0.5, 0.6) is 0 Å². The predicted octanol–water partition coefficient (Wildman–Crippen LogP) is 6.83. The number of aromatic nitrogens is 3. The van der Waals surface area contributed by atoms with Gasteiger partial charge in [0.05, 0.1) is 5.52 Å². The summed E-state index contributed by atoms with van der Waals surface area (Å²) in [6.07, 6.45) is 5.15. The molecule has 3 aromatic heterocycles. The van der Waals surface area contributed by atoms with E-state index in [4.69, 9.17) is 11.6 Å². The topological polar surface area (TPSA) is 79.8 Å². The van der Waals surface area contributed by atoms with Gasteiger partial charge in [0.15, 0.2) is 5.78 Å². The van der Waals surface area contributed by atoms with Gasteiger partial charge in [-0.2, -0.15) is 0 Å². The van der Waals surface area contributed by atoms with E-state index in [0.717, 1.165) is 22.1 Å². The number of nitrogens with zero attached hydrogens (tertiary/aromatic N) is 2. The fourth-order valence-corrected chi connectivity index (χ4v) is 4.66. The molecule has 0 saturated heterocycles. The lowest BCUT2D eigenvalue weighted by atomic mass is 9.99. The number of halogens is 1. The number of pyridine rings is 1. The zero-order valence-electron chi connectivity index (χ0n) is 19.6. The van der Waals surface area contributed by atoms with E-state index < -0.39 is 0 Å². The minimum absolute atomic E-state index is 0.144. The Labute approximate surface area is 217 Å². The van der Waals surface area contributed by atoms with E-state index >= 15 is 0 Å². The van der Waals surface area contributed by atoms with Crippen molar-refractivity contribution < 1.29 is 9.59 Å². The molecule has 6 nitrogen and oxygen atoms in total. The van der Waals surface area contributed by atoms with Gasteiger partial charge in [0.1, 0.15) is 5.65 Å². The number of rotatable bonds is 5. The number of H-pyrrole nitrogens is 1. The first kappa shape index (κ1) is 22.8. The first-order valence-corrected chi connectivity index (χ1v) is 12.2. The maximum absolute atomic E-state index is 13.7. The summed E-state index contributed by atoms with van der Waals surface area (Å²) in [4.78, 5) is 34.3. The molecule has 37 heavy (non-hydrogen) atoms. The first-order chi connectivity index (χ1) is 18.1. The summed E-state index contributed by atoms with van der Waals surface area (Å²) in [5.41, 5.74) is 5.18. The fourth-order valence-electron chi connectivity index (χ4n) is 4.54. The third-order valence-corrected chi connectivity index (χ3v) is 6.69. The molecule has 3 heterocycles. The molecule has 0 atom stereocenters. The third-order valence-electron chi connectivity index (χ3n) is 6.44. The van der Waals surface area contributed by atoms with Gasteiger partial charge in [-0.3, -0.25) is 9.36 Å². The van der Waals surface area contributed by atoms with Gasteiger partial charge < -0.3 is 10.3 Å². The lowest BCUT2D eigenvalue weighted by molar-refractivity contribution is 0.104. The Hall–Kier alpha value is -4.68. The second-order valence-corrected chi connectivity index (χ2v) is 9.16. The van der Waals surface area contributed by atoms with Gasteiger partial charge in [-0.15, -0.1) is 0 Å². The van der Waals surface area contributed by atoms with Crippen LogP contribution >= 0.6 is 11.6 Å². The van der Waals surface area contributed by atoms with Crippen molar-refractivity contribution in [3.05, 3.63) is 125 Å². The number of carbonyl (C=O) groups excluding carboxylic acids is 2. The van der Waals surface area contributed by atoms with Crippen molar-refractivity contribution in [3.63, 3.8) is 0 Å². The average molecular weight is 505 g/mol. The van der Waals surface area contributed by atoms with Gasteiger partial charge in [0, 0.05) is 57.6 Å². The van der Waals surface area contributed by atoms with Gasteiger partial charge in [0.25, 0.3) is 0 Å². The van der Waals surface area contributed by atoms with Crippen molar-refractivity contribution in [2.45, 2.75) is 6.54 Å². The van der Waals surface area contributed by atoms with Gasteiger partial charge in [-0.05, 0) is 41.5 Å². The summed E-state index contributed by atoms with van der Waals surface area (Å²) < 4.78 is 1.53. The minimum atomic E-state index is -0.257. The first-order valence-electron chi connectivity index (χ1n) is 11.8. The molecular formula is C30H21ClN4O2. The molecular weight excluding hydrogens is 484 g/mol. The highest BCUT2D eigenvalue weighted by molar-refractivity contribution is 6.30. The monoisotopic (exact) mass is 504 g/mol. The highest BCUT2D eigenvalue weighted by Crippen LogP contribution is 2.29. The molecule has 6 rings (SSSR count). The Balaban J connectivity index is 1.33. The van der Waals surface area contributed by atoms with E-state index in [1.165, 1.54) is 4.57 Å². The largest absolute Gasteiger partial charge is 0.345 e. The number of amides is 1. The van der Waals surface area contributed by atoms with Crippen molar-refractivity contribution in [2.24, 2.45) is 0 Å². The molecule has 0 saturated carbocycles. The highest BCUT2D eigenvalue weighted by atomic mass is 35.5. The molecule has 1 amide bonds. The number of ketones is 1. The van der Waals surface area contributed by atoms with E-state index in [9.17, 15) is 9.59 Å². The summed E-state index contributed by atoms with van der Waals surface area (Å²) in [6, 6.07) is 26.1. The summed E-state index contributed by atoms with van der Waals surface area (Å²) >= 11 is 6.03. The van der Waals surface area contributed by atoms with Crippen LogP contribution in [0.25, 0.3) is 33.1 Å². The number of nitrogens with one attached hydrogen (secondary N) is 2. The quantitative estimate of drug-likeness (QED) is 0.253. The molecule has 0 aliphatic heterocycles. The molecule has 0 fully saturated rings. The Morgan fingerprint density at radius 1 is 0.865 bits per heavy atom. The molecule has 3 aromatic carbocycles. The van der Waals surface area contributed by atoms with Gasteiger partial charge >= 0.3 is 6.03 Å². The number of aromatic amines is 1. The van der Waals surface area contributed by atoms with Crippen molar-refractivity contribution >= 4 is 45.4 Å². The van der Waals surface area contributed by atoms with Crippen LogP contribution in [0.2, 0.25) is 5.02 Å². The van der Waals surface area contributed by atoms with Crippen LogP contribution in [0.3, 0.4) is 0 Å². The number of benzene rings is 3. The molecule has 0 aliphatic rings. The number of hydrogen-bond acceptors (Lipinski definition) is 3. The van der Waals surface area contributed by atoms with Crippen LogP contribution in [0.15, 0.2) is 104 Å². The summed E-state index contributed by atoms with van der Waals surface area (Å²) in [5.74, 6) is -0.144. The average Bonchev–Trinajstić information content (AvgIpc) is 3.56. The summed E-state index contributed by atoms with van der Waals surface area (Å²) in [6.45, 7) is 0.413. The normalized spacial score (nSPS) is 11.2. The minimum Gasteiger partial charge on any atom is -0.345 e.